The molecule has 0 radical (unpaired) electrons. The maximum absolute atomic E-state index is 11.3. The Morgan fingerprint density at radius 3 is 2.85 bits per heavy atom. The molecule has 0 aliphatic carbocycles. The first-order valence-electron chi connectivity index (χ1n) is 4.69. The van der Waals surface area contributed by atoms with Crippen molar-refractivity contribution >= 4 is 5.91 Å². The number of ether oxygens (including phenoxy) is 1. The largest absolute Gasteiger partial charge is 0.379 e. The average Bonchev–Trinajstić information content (AvgIpc) is 2.04. The second-order valence-electron chi connectivity index (χ2n) is 3.99. The molecule has 1 aliphatic heterocycles. The molecule has 0 spiro atoms. The summed E-state index contributed by atoms with van der Waals surface area (Å²) in [4.78, 5) is 11.3. The molecule has 1 heterocycles. The number of hydrogen-bond donors (Lipinski definition) is 2. The smallest absolute Gasteiger partial charge is 0.237 e. The Morgan fingerprint density at radius 2 is 2.38 bits per heavy atom. The molecule has 1 amide bonds. The van der Waals surface area contributed by atoms with Crippen LogP contribution in [0.25, 0.3) is 0 Å². The summed E-state index contributed by atoms with van der Waals surface area (Å²) in [6.07, 6.45) is 1.96. The first-order chi connectivity index (χ1) is 6.03. The molecule has 0 aromatic rings. The zero-order valence-electron chi connectivity index (χ0n) is 8.30. The molecule has 0 aromatic heterocycles. The van der Waals surface area contributed by atoms with E-state index in [2.05, 4.69) is 5.32 Å². The third-order valence-electron chi connectivity index (χ3n) is 2.28. The molecule has 1 saturated heterocycles. The topological polar surface area (TPSA) is 64.4 Å². The number of nitrogens with two attached hydrogens (primary N) is 1. The predicted octanol–water partition coefficient (Wildman–Crippen LogP) is 0.0189. The number of rotatable bonds is 2. The van der Waals surface area contributed by atoms with Crippen LogP contribution in [0.4, 0.5) is 0 Å². The van der Waals surface area contributed by atoms with Crippen LogP contribution >= 0.6 is 0 Å². The first-order valence-corrected chi connectivity index (χ1v) is 4.69. The van der Waals surface area contributed by atoms with Crippen LogP contribution in [0.2, 0.25) is 0 Å². The molecule has 13 heavy (non-hydrogen) atoms. The Kier molecular flexibility index (Phi) is 3.27. The van der Waals surface area contributed by atoms with Crippen molar-refractivity contribution in [1.29, 1.82) is 0 Å². The van der Waals surface area contributed by atoms with Gasteiger partial charge >= 0.3 is 0 Å². The Labute approximate surface area is 78.8 Å². The van der Waals surface area contributed by atoms with Crippen LogP contribution in [0.3, 0.4) is 0 Å². The summed E-state index contributed by atoms with van der Waals surface area (Å²) >= 11 is 0. The average molecular weight is 186 g/mol. The lowest BCUT2D eigenvalue weighted by atomic mass is 9.94. The van der Waals surface area contributed by atoms with Gasteiger partial charge in [0.05, 0.1) is 18.2 Å². The fourth-order valence-corrected chi connectivity index (χ4v) is 1.44. The van der Waals surface area contributed by atoms with E-state index in [1.807, 2.05) is 6.92 Å². The molecule has 0 bridgehead atoms. The number of nitrogens with one attached hydrogen (secondary N) is 1. The second kappa shape index (κ2) is 4.07. The van der Waals surface area contributed by atoms with Gasteiger partial charge in [0.1, 0.15) is 0 Å². The van der Waals surface area contributed by atoms with Gasteiger partial charge in [0.15, 0.2) is 0 Å². The molecule has 1 unspecified atom stereocenters. The molecular weight excluding hydrogens is 168 g/mol. The van der Waals surface area contributed by atoms with Gasteiger partial charge in [-0.05, 0) is 26.7 Å². The standard InChI is InChI=1S/C9H18N2O2/c1-7(10)8(12)11-9(2)4-3-5-13-6-9/h7H,3-6,10H2,1-2H3,(H,11,12)/t7-,9?/m0/s1. The molecule has 0 aromatic carbocycles. The third-order valence-corrected chi connectivity index (χ3v) is 2.28. The highest BCUT2D eigenvalue weighted by atomic mass is 16.5. The van der Waals surface area contributed by atoms with Crippen LogP contribution in [-0.4, -0.2) is 30.7 Å². The Bertz CT molecular complexity index is 186. The van der Waals surface area contributed by atoms with E-state index in [4.69, 9.17) is 10.5 Å². The van der Waals surface area contributed by atoms with Gasteiger partial charge in [-0.1, -0.05) is 0 Å². The van der Waals surface area contributed by atoms with E-state index < -0.39 is 6.04 Å². The van der Waals surface area contributed by atoms with E-state index in [0.717, 1.165) is 19.4 Å². The highest BCUT2D eigenvalue weighted by molar-refractivity contribution is 5.81. The highest BCUT2D eigenvalue weighted by Crippen LogP contribution is 2.17. The van der Waals surface area contributed by atoms with Crippen molar-refractivity contribution < 1.29 is 9.53 Å². The molecule has 2 atom stereocenters. The summed E-state index contributed by atoms with van der Waals surface area (Å²) in [6, 6.07) is -0.446. The molecule has 4 nitrogen and oxygen atoms in total. The van der Waals surface area contributed by atoms with Crippen LogP contribution in [0.5, 0.6) is 0 Å². The van der Waals surface area contributed by atoms with Crippen molar-refractivity contribution in [3.05, 3.63) is 0 Å². The fraction of sp³-hybridized carbons (Fsp3) is 0.889. The molecule has 1 rings (SSSR count). The third kappa shape index (κ3) is 2.97. The molecular formula is C9H18N2O2. The summed E-state index contributed by atoms with van der Waals surface area (Å²) < 4.78 is 5.31. The molecule has 1 aliphatic rings. The zero-order valence-corrected chi connectivity index (χ0v) is 8.30. The predicted molar refractivity (Wildman–Crippen MR) is 50.3 cm³/mol. The SMILES string of the molecule is C[C@H](N)C(=O)NC1(C)CCCOC1. The van der Waals surface area contributed by atoms with Crippen molar-refractivity contribution in [2.75, 3.05) is 13.2 Å². The number of amides is 1. The summed E-state index contributed by atoms with van der Waals surface area (Å²) in [5.41, 5.74) is 5.24. The van der Waals surface area contributed by atoms with E-state index in [1.165, 1.54) is 0 Å². The van der Waals surface area contributed by atoms with E-state index in [0.29, 0.717) is 6.61 Å². The zero-order chi connectivity index (χ0) is 9.90. The summed E-state index contributed by atoms with van der Waals surface area (Å²) in [5.74, 6) is -0.104. The van der Waals surface area contributed by atoms with Crippen LogP contribution in [0.15, 0.2) is 0 Å². The minimum atomic E-state index is -0.446. The lowest BCUT2D eigenvalue weighted by Crippen LogP contribution is -2.55. The highest BCUT2D eigenvalue weighted by Gasteiger charge is 2.29. The van der Waals surface area contributed by atoms with Crippen LogP contribution in [0, 0.1) is 0 Å². The minimum Gasteiger partial charge on any atom is -0.379 e. The quantitative estimate of drug-likeness (QED) is 0.639. The van der Waals surface area contributed by atoms with Gasteiger partial charge in [-0.25, -0.2) is 0 Å². The summed E-state index contributed by atoms with van der Waals surface area (Å²) in [7, 11) is 0. The van der Waals surface area contributed by atoms with Gasteiger partial charge in [-0.3, -0.25) is 4.79 Å². The first kappa shape index (κ1) is 10.5. The van der Waals surface area contributed by atoms with Gasteiger partial charge in [0, 0.05) is 6.61 Å². The van der Waals surface area contributed by atoms with Crippen molar-refractivity contribution in [3.8, 4) is 0 Å². The van der Waals surface area contributed by atoms with E-state index in [-0.39, 0.29) is 11.4 Å². The van der Waals surface area contributed by atoms with Crippen molar-refractivity contribution in [2.24, 2.45) is 5.73 Å². The maximum Gasteiger partial charge on any atom is 0.237 e. The van der Waals surface area contributed by atoms with E-state index in [1.54, 1.807) is 6.92 Å². The van der Waals surface area contributed by atoms with Crippen LogP contribution in [0.1, 0.15) is 26.7 Å². The molecule has 76 valence electrons. The Morgan fingerprint density at radius 1 is 1.69 bits per heavy atom. The van der Waals surface area contributed by atoms with Gasteiger partial charge < -0.3 is 15.8 Å². The number of hydrogen-bond acceptors (Lipinski definition) is 3. The van der Waals surface area contributed by atoms with Gasteiger partial charge in [-0.2, -0.15) is 0 Å². The monoisotopic (exact) mass is 186 g/mol. The van der Waals surface area contributed by atoms with Crippen LogP contribution < -0.4 is 11.1 Å². The molecule has 3 N–H and O–H groups in total. The Balaban J connectivity index is 2.45. The molecule has 0 saturated carbocycles. The molecule has 4 heteroatoms. The van der Waals surface area contributed by atoms with Gasteiger partial charge in [0.25, 0.3) is 0 Å². The number of carbonyl (C=O) groups is 1. The van der Waals surface area contributed by atoms with Crippen molar-refractivity contribution in [2.45, 2.75) is 38.3 Å². The lowest BCUT2D eigenvalue weighted by molar-refractivity contribution is -0.125. The minimum absolute atomic E-state index is 0.104. The maximum atomic E-state index is 11.3. The fourth-order valence-electron chi connectivity index (χ4n) is 1.44. The normalized spacial score (nSPS) is 31.0. The van der Waals surface area contributed by atoms with E-state index >= 15 is 0 Å². The summed E-state index contributed by atoms with van der Waals surface area (Å²) in [6.45, 7) is 5.06. The second-order valence-corrected chi connectivity index (χ2v) is 3.99. The lowest BCUT2D eigenvalue weighted by Gasteiger charge is -2.34. The van der Waals surface area contributed by atoms with Crippen LogP contribution in [-0.2, 0) is 9.53 Å². The summed E-state index contributed by atoms with van der Waals surface area (Å²) in [5, 5.41) is 2.91. The number of carbonyl (C=O) groups excluding carboxylic acids is 1. The molecule has 1 fully saturated rings. The van der Waals surface area contributed by atoms with Gasteiger partial charge in [-0.15, -0.1) is 0 Å². The van der Waals surface area contributed by atoms with Gasteiger partial charge in [0.2, 0.25) is 5.91 Å². The van der Waals surface area contributed by atoms with Crippen molar-refractivity contribution in [3.63, 3.8) is 0 Å². The van der Waals surface area contributed by atoms with E-state index in [9.17, 15) is 4.79 Å². The Hall–Kier alpha value is -0.610. The van der Waals surface area contributed by atoms with Crippen molar-refractivity contribution in [1.82, 2.24) is 5.32 Å².